The lowest BCUT2D eigenvalue weighted by molar-refractivity contribution is 0.0472. The zero-order valence-corrected chi connectivity index (χ0v) is 8.97. The Labute approximate surface area is 97.9 Å². The van der Waals surface area contributed by atoms with Crippen molar-refractivity contribution in [1.29, 1.82) is 0 Å². The Bertz CT molecular complexity index is 497. The molecule has 2 aromatic rings. The highest BCUT2D eigenvalue weighted by Crippen LogP contribution is 2.05. The van der Waals surface area contributed by atoms with Crippen molar-refractivity contribution in [3.8, 4) is 0 Å². The summed E-state index contributed by atoms with van der Waals surface area (Å²) < 4.78 is 17.6. The molecule has 0 N–H and O–H groups in total. The summed E-state index contributed by atoms with van der Waals surface area (Å²) in [6, 6.07) is 11.8. The van der Waals surface area contributed by atoms with Gasteiger partial charge in [-0.3, -0.25) is 0 Å². The molecular weight excluding hydrogens is 221 g/mol. The molecule has 86 valence electrons. The number of benzene rings is 1. The maximum atomic E-state index is 12.5. The Hall–Kier alpha value is -2.23. The SMILES string of the molecule is O=C(OCc1ccccc1)c1ccc(F)nc1. The van der Waals surface area contributed by atoms with Gasteiger partial charge in [0.25, 0.3) is 0 Å². The second-order valence-electron chi connectivity index (χ2n) is 3.43. The Kier molecular flexibility index (Phi) is 3.45. The number of nitrogens with zero attached hydrogens (tertiary/aromatic N) is 1. The molecule has 1 heterocycles. The second kappa shape index (κ2) is 5.21. The molecule has 0 amide bonds. The molecule has 0 aliphatic carbocycles. The summed E-state index contributed by atoms with van der Waals surface area (Å²) in [5, 5.41) is 0. The first-order chi connectivity index (χ1) is 8.25. The normalized spacial score (nSPS) is 9.94. The van der Waals surface area contributed by atoms with Gasteiger partial charge in [0.1, 0.15) is 6.61 Å². The molecule has 0 radical (unpaired) electrons. The van der Waals surface area contributed by atoms with Gasteiger partial charge >= 0.3 is 5.97 Å². The van der Waals surface area contributed by atoms with Gasteiger partial charge in [-0.1, -0.05) is 30.3 Å². The van der Waals surface area contributed by atoms with Gasteiger partial charge < -0.3 is 4.74 Å². The third-order valence-electron chi connectivity index (χ3n) is 2.18. The van der Waals surface area contributed by atoms with Crippen LogP contribution in [-0.4, -0.2) is 11.0 Å². The first kappa shape index (κ1) is 11.3. The van der Waals surface area contributed by atoms with E-state index in [9.17, 15) is 9.18 Å². The summed E-state index contributed by atoms with van der Waals surface area (Å²) in [6.45, 7) is 0.192. The van der Waals surface area contributed by atoms with E-state index in [-0.39, 0.29) is 12.2 Å². The zero-order chi connectivity index (χ0) is 12.1. The third kappa shape index (κ3) is 3.11. The minimum atomic E-state index is -0.621. The van der Waals surface area contributed by atoms with E-state index in [0.717, 1.165) is 17.8 Å². The van der Waals surface area contributed by atoms with Gasteiger partial charge in [-0.05, 0) is 17.7 Å². The number of rotatable bonds is 3. The van der Waals surface area contributed by atoms with Gasteiger partial charge in [0.2, 0.25) is 5.95 Å². The maximum absolute atomic E-state index is 12.5. The van der Waals surface area contributed by atoms with Crippen LogP contribution >= 0.6 is 0 Å². The molecule has 1 aromatic carbocycles. The van der Waals surface area contributed by atoms with Crippen LogP contribution in [0.5, 0.6) is 0 Å². The second-order valence-corrected chi connectivity index (χ2v) is 3.43. The Balaban J connectivity index is 1.96. The van der Waals surface area contributed by atoms with Crippen LogP contribution in [0.1, 0.15) is 15.9 Å². The largest absolute Gasteiger partial charge is 0.457 e. The average Bonchev–Trinajstić information content (AvgIpc) is 2.38. The molecule has 0 bridgehead atoms. The van der Waals surface area contributed by atoms with E-state index in [4.69, 9.17) is 4.74 Å². The fourth-order valence-electron chi connectivity index (χ4n) is 1.30. The van der Waals surface area contributed by atoms with Crippen LogP contribution in [0.2, 0.25) is 0 Å². The molecular formula is C13H10FNO2. The fourth-order valence-corrected chi connectivity index (χ4v) is 1.30. The van der Waals surface area contributed by atoms with Gasteiger partial charge in [0.15, 0.2) is 0 Å². The standard InChI is InChI=1S/C13H10FNO2/c14-12-7-6-11(8-15-12)13(16)17-9-10-4-2-1-3-5-10/h1-8H,9H2. The quantitative estimate of drug-likeness (QED) is 0.602. The van der Waals surface area contributed by atoms with Gasteiger partial charge in [-0.2, -0.15) is 4.39 Å². The number of halogens is 1. The smallest absolute Gasteiger partial charge is 0.340 e. The summed E-state index contributed by atoms with van der Waals surface area (Å²) >= 11 is 0. The van der Waals surface area contributed by atoms with E-state index in [1.807, 2.05) is 30.3 Å². The number of aromatic nitrogens is 1. The van der Waals surface area contributed by atoms with Crippen LogP contribution in [0.3, 0.4) is 0 Å². The van der Waals surface area contributed by atoms with Crippen LogP contribution < -0.4 is 0 Å². The number of hydrogen-bond acceptors (Lipinski definition) is 3. The Morgan fingerprint density at radius 2 is 1.94 bits per heavy atom. The molecule has 2 rings (SSSR count). The number of carbonyl (C=O) groups is 1. The highest BCUT2D eigenvalue weighted by atomic mass is 19.1. The van der Waals surface area contributed by atoms with Crippen molar-refractivity contribution in [2.24, 2.45) is 0 Å². The molecule has 0 unspecified atom stereocenters. The van der Waals surface area contributed by atoms with Crippen LogP contribution in [0, 0.1) is 5.95 Å². The lowest BCUT2D eigenvalue weighted by atomic mass is 10.2. The molecule has 3 nitrogen and oxygen atoms in total. The fraction of sp³-hybridized carbons (Fsp3) is 0.0769. The summed E-state index contributed by atoms with van der Waals surface area (Å²) in [7, 11) is 0. The monoisotopic (exact) mass is 231 g/mol. The summed E-state index contributed by atoms with van der Waals surface area (Å²) in [5.41, 5.74) is 1.14. The molecule has 0 fully saturated rings. The third-order valence-corrected chi connectivity index (χ3v) is 2.18. The molecule has 17 heavy (non-hydrogen) atoms. The number of pyridine rings is 1. The predicted molar refractivity (Wildman–Crippen MR) is 59.8 cm³/mol. The van der Waals surface area contributed by atoms with Crippen molar-refractivity contribution in [2.75, 3.05) is 0 Å². The van der Waals surface area contributed by atoms with Crippen molar-refractivity contribution < 1.29 is 13.9 Å². The molecule has 0 atom stereocenters. The first-order valence-corrected chi connectivity index (χ1v) is 5.08. The van der Waals surface area contributed by atoms with Gasteiger partial charge in [-0.15, -0.1) is 0 Å². The zero-order valence-electron chi connectivity index (χ0n) is 8.97. The van der Waals surface area contributed by atoms with Gasteiger partial charge in [0.05, 0.1) is 5.56 Å². The summed E-state index contributed by atoms with van der Waals surface area (Å²) in [4.78, 5) is 14.9. The van der Waals surface area contributed by atoms with E-state index in [2.05, 4.69) is 4.98 Å². The molecule has 1 aromatic heterocycles. The molecule has 0 spiro atoms. The van der Waals surface area contributed by atoms with E-state index in [1.165, 1.54) is 6.07 Å². The minimum Gasteiger partial charge on any atom is -0.457 e. The van der Waals surface area contributed by atoms with Gasteiger partial charge in [-0.25, -0.2) is 9.78 Å². The Morgan fingerprint density at radius 1 is 1.18 bits per heavy atom. The summed E-state index contributed by atoms with van der Waals surface area (Å²) in [5.74, 6) is -1.13. The highest BCUT2D eigenvalue weighted by Gasteiger charge is 2.07. The van der Waals surface area contributed by atoms with Crippen molar-refractivity contribution >= 4 is 5.97 Å². The topological polar surface area (TPSA) is 39.2 Å². The van der Waals surface area contributed by atoms with Crippen LogP contribution in [0.4, 0.5) is 4.39 Å². The first-order valence-electron chi connectivity index (χ1n) is 5.08. The van der Waals surface area contributed by atoms with Crippen LogP contribution in [0.15, 0.2) is 48.7 Å². The Morgan fingerprint density at radius 3 is 2.59 bits per heavy atom. The number of esters is 1. The lowest BCUT2D eigenvalue weighted by Crippen LogP contribution is -2.05. The highest BCUT2D eigenvalue weighted by molar-refractivity contribution is 5.88. The van der Waals surface area contributed by atoms with E-state index < -0.39 is 11.9 Å². The van der Waals surface area contributed by atoms with Crippen molar-refractivity contribution in [2.45, 2.75) is 6.61 Å². The molecule has 0 saturated heterocycles. The van der Waals surface area contributed by atoms with Crippen molar-refractivity contribution in [3.05, 3.63) is 65.7 Å². The molecule has 0 aliphatic rings. The number of hydrogen-bond donors (Lipinski definition) is 0. The maximum Gasteiger partial charge on any atom is 0.340 e. The van der Waals surface area contributed by atoms with E-state index in [1.54, 1.807) is 0 Å². The minimum absolute atomic E-state index is 0.192. The van der Waals surface area contributed by atoms with E-state index in [0.29, 0.717) is 0 Å². The lowest BCUT2D eigenvalue weighted by Gasteiger charge is -2.04. The summed E-state index contributed by atoms with van der Waals surface area (Å²) in [6.07, 6.45) is 1.16. The van der Waals surface area contributed by atoms with Crippen LogP contribution in [0.25, 0.3) is 0 Å². The average molecular weight is 231 g/mol. The molecule has 4 heteroatoms. The molecule has 0 aliphatic heterocycles. The van der Waals surface area contributed by atoms with E-state index >= 15 is 0 Å². The van der Waals surface area contributed by atoms with Crippen LogP contribution in [-0.2, 0) is 11.3 Å². The van der Waals surface area contributed by atoms with Gasteiger partial charge in [0, 0.05) is 6.20 Å². The molecule has 0 saturated carbocycles. The predicted octanol–water partition coefficient (Wildman–Crippen LogP) is 2.58. The van der Waals surface area contributed by atoms with Crippen molar-refractivity contribution in [1.82, 2.24) is 4.98 Å². The number of ether oxygens (including phenoxy) is 1. The number of carbonyl (C=O) groups excluding carboxylic acids is 1. The van der Waals surface area contributed by atoms with Crippen molar-refractivity contribution in [3.63, 3.8) is 0 Å².